The summed E-state index contributed by atoms with van der Waals surface area (Å²) < 4.78 is 8.04. The molecular formula is C15H27N3O. The number of nitrogens with zero attached hydrogens (tertiary/aromatic N) is 2. The Morgan fingerprint density at radius 2 is 2.21 bits per heavy atom. The van der Waals surface area contributed by atoms with E-state index in [2.05, 4.69) is 23.4 Å². The van der Waals surface area contributed by atoms with Gasteiger partial charge in [0.1, 0.15) is 5.82 Å². The zero-order chi connectivity index (χ0) is 13.9. The molecular weight excluding hydrogens is 238 g/mol. The van der Waals surface area contributed by atoms with Crippen molar-refractivity contribution in [3.8, 4) is 0 Å². The molecule has 2 N–H and O–H groups in total. The molecule has 1 aliphatic rings. The van der Waals surface area contributed by atoms with Crippen LogP contribution in [0.1, 0.15) is 57.8 Å². The van der Waals surface area contributed by atoms with Crippen molar-refractivity contribution >= 4 is 0 Å². The maximum absolute atomic E-state index is 6.53. The Labute approximate surface area is 116 Å². The third-order valence-corrected chi connectivity index (χ3v) is 4.58. The average molecular weight is 265 g/mol. The van der Waals surface area contributed by atoms with Gasteiger partial charge in [-0.25, -0.2) is 4.98 Å². The Kier molecular flexibility index (Phi) is 4.63. The van der Waals surface area contributed by atoms with Crippen molar-refractivity contribution in [1.82, 2.24) is 9.55 Å². The SMILES string of the molecule is CCCn1ccnc1C(N)C1(OC)CCC(C)CC1. The zero-order valence-electron chi connectivity index (χ0n) is 12.4. The largest absolute Gasteiger partial charge is 0.376 e. The van der Waals surface area contributed by atoms with Crippen molar-refractivity contribution in [2.75, 3.05) is 7.11 Å². The number of aromatic nitrogens is 2. The molecule has 1 aromatic rings. The molecule has 0 amide bonds. The van der Waals surface area contributed by atoms with Crippen LogP contribution >= 0.6 is 0 Å². The van der Waals surface area contributed by atoms with Crippen LogP contribution in [0.5, 0.6) is 0 Å². The molecule has 0 radical (unpaired) electrons. The number of aryl methyl sites for hydroxylation is 1. The number of nitrogens with two attached hydrogens (primary N) is 1. The minimum absolute atomic E-state index is 0.133. The highest BCUT2D eigenvalue weighted by Crippen LogP contribution is 2.41. The number of hydrogen-bond donors (Lipinski definition) is 1. The molecule has 0 saturated heterocycles. The van der Waals surface area contributed by atoms with Gasteiger partial charge in [0.05, 0.1) is 11.6 Å². The zero-order valence-corrected chi connectivity index (χ0v) is 12.4. The lowest BCUT2D eigenvalue weighted by molar-refractivity contribution is -0.0696. The van der Waals surface area contributed by atoms with E-state index in [9.17, 15) is 0 Å². The molecule has 4 nitrogen and oxygen atoms in total. The second kappa shape index (κ2) is 6.06. The molecule has 4 heteroatoms. The lowest BCUT2D eigenvalue weighted by atomic mass is 9.75. The molecule has 0 spiro atoms. The van der Waals surface area contributed by atoms with E-state index in [0.717, 1.165) is 37.5 Å². The summed E-state index contributed by atoms with van der Waals surface area (Å²) in [7, 11) is 1.79. The van der Waals surface area contributed by atoms with E-state index < -0.39 is 0 Å². The fourth-order valence-electron chi connectivity index (χ4n) is 3.16. The summed E-state index contributed by atoms with van der Waals surface area (Å²) in [4.78, 5) is 4.48. The van der Waals surface area contributed by atoms with E-state index in [1.165, 1.54) is 12.8 Å². The highest BCUT2D eigenvalue weighted by molar-refractivity contribution is 5.08. The fourth-order valence-corrected chi connectivity index (χ4v) is 3.16. The second-order valence-electron chi connectivity index (χ2n) is 5.91. The summed E-state index contributed by atoms with van der Waals surface area (Å²) in [6.07, 6.45) is 9.40. The summed E-state index contributed by atoms with van der Waals surface area (Å²) in [6, 6.07) is -0.133. The van der Waals surface area contributed by atoms with Gasteiger partial charge in [-0.15, -0.1) is 0 Å². The highest BCUT2D eigenvalue weighted by Gasteiger charge is 2.42. The van der Waals surface area contributed by atoms with Crippen molar-refractivity contribution < 1.29 is 4.74 Å². The predicted octanol–water partition coefficient (Wildman–Crippen LogP) is 2.89. The van der Waals surface area contributed by atoms with Crippen molar-refractivity contribution in [3.05, 3.63) is 18.2 Å². The molecule has 2 rings (SSSR count). The van der Waals surface area contributed by atoms with E-state index >= 15 is 0 Å². The summed E-state index contributed by atoms with van der Waals surface area (Å²) in [6.45, 7) is 5.45. The molecule has 1 aliphatic carbocycles. The lowest BCUT2D eigenvalue weighted by Gasteiger charge is -2.42. The van der Waals surface area contributed by atoms with Gasteiger partial charge in [-0.05, 0) is 38.0 Å². The molecule has 1 heterocycles. The summed E-state index contributed by atoms with van der Waals surface area (Å²) in [5.74, 6) is 1.75. The lowest BCUT2D eigenvalue weighted by Crippen LogP contribution is -2.46. The summed E-state index contributed by atoms with van der Waals surface area (Å²) in [5.41, 5.74) is 6.30. The normalized spacial score (nSPS) is 29.4. The highest BCUT2D eigenvalue weighted by atomic mass is 16.5. The van der Waals surface area contributed by atoms with E-state index in [1.807, 2.05) is 12.4 Å². The molecule has 1 aromatic heterocycles. The van der Waals surface area contributed by atoms with E-state index in [1.54, 1.807) is 7.11 Å². The van der Waals surface area contributed by atoms with E-state index in [-0.39, 0.29) is 11.6 Å². The van der Waals surface area contributed by atoms with Crippen molar-refractivity contribution in [1.29, 1.82) is 0 Å². The van der Waals surface area contributed by atoms with Crippen LogP contribution in [0, 0.1) is 5.92 Å². The Hall–Kier alpha value is -0.870. The van der Waals surface area contributed by atoms with Crippen LogP contribution in [-0.4, -0.2) is 22.3 Å². The maximum atomic E-state index is 6.53. The Bertz CT molecular complexity index is 394. The maximum Gasteiger partial charge on any atom is 0.128 e. The van der Waals surface area contributed by atoms with Gasteiger partial charge in [-0.1, -0.05) is 13.8 Å². The van der Waals surface area contributed by atoms with E-state index in [4.69, 9.17) is 10.5 Å². The average Bonchev–Trinajstić information content (AvgIpc) is 2.88. The first-order valence-electron chi connectivity index (χ1n) is 7.44. The molecule has 1 unspecified atom stereocenters. The first kappa shape index (κ1) is 14.5. The standard InChI is InChI=1S/C15H27N3O/c1-4-10-18-11-9-17-14(18)13(16)15(19-3)7-5-12(2)6-8-15/h9,11-13H,4-8,10,16H2,1-3H3. The van der Waals surface area contributed by atoms with Crippen LogP contribution in [0.2, 0.25) is 0 Å². The third kappa shape index (κ3) is 2.84. The van der Waals surface area contributed by atoms with Gasteiger partial charge in [0.25, 0.3) is 0 Å². The molecule has 1 saturated carbocycles. The molecule has 1 fully saturated rings. The predicted molar refractivity (Wildman–Crippen MR) is 76.8 cm³/mol. The molecule has 108 valence electrons. The van der Waals surface area contributed by atoms with Gasteiger partial charge >= 0.3 is 0 Å². The molecule has 0 bridgehead atoms. The quantitative estimate of drug-likeness (QED) is 0.890. The van der Waals surface area contributed by atoms with Crippen LogP contribution in [-0.2, 0) is 11.3 Å². The van der Waals surface area contributed by atoms with Crippen molar-refractivity contribution in [3.63, 3.8) is 0 Å². The van der Waals surface area contributed by atoms with Gasteiger partial charge in [-0.3, -0.25) is 0 Å². The smallest absolute Gasteiger partial charge is 0.128 e. The number of rotatable bonds is 5. The monoisotopic (exact) mass is 265 g/mol. The van der Waals surface area contributed by atoms with Crippen LogP contribution in [0.15, 0.2) is 12.4 Å². The number of imidazole rings is 1. The molecule has 0 aromatic carbocycles. The van der Waals surface area contributed by atoms with Gasteiger partial charge in [0.15, 0.2) is 0 Å². The first-order chi connectivity index (χ1) is 9.13. The Morgan fingerprint density at radius 1 is 1.53 bits per heavy atom. The summed E-state index contributed by atoms with van der Waals surface area (Å²) in [5, 5.41) is 0. The van der Waals surface area contributed by atoms with Gasteiger partial charge in [-0.2, -0.15) is 0 Å². The van der Waals surface area contributed by atoms with Crippen LogP contribution in [0.4, 0.5) is 0 Å². The third-order valence-electron chi connectivity index (χ3n) is 4.58. The van der Waals surface area contributed by atoms with E-state index in [0.29, 0.717) is 0 Å². The minimum atomic E-state index is -0.233. The number of ether oxygens (including phenoxy) is 1. The molecule has 19 heavy (non-hydrogen) atoms. The molecule has 0 aliphatic heterocycles. The van der Waals surface area contributed by atoms with Crippen molar-refractivity contribution in [2.45, 2.75) is 64.1 Å². The Balaban J connectivity index is 2.20. The topological polar surface area (TPSA) is 53.1 Å². The van der Waals surface area contributed by atoms with Crippen LogP contribution in [0.3, 0.4) is 0 Å². The number of hydrogen-bond acceptors (Lipinski definition) is 3. The van der Waals surface area contributed by atoms with Gasteiger partial charge in [0.2, 0.25) is 0 Å². The minimum Gasteiger partial charge on any atom is -0.376 e. The second-order valence-corrected chi connectivity index (χ2v) is 5.91. The molecule has 1 atom stereocenters. The fraction of sp³-hybridized carbons (Fsp3) is 0.800. The number of methoxy groups -OCH3 is 1. The first-order valence-corrected chi connectivity index (χ1v) is 7.44. The van der Waals surface area contributed by atoms with Crippen LogP contribution < -0.4 is 5.73 Å². The summed E-state index contributed by atoms with van der Waals surface area (Å²) >= 11 is 0. The van der Waals surface area contributed by atoms with Crippen LogP contribution in [0.25, 0.3) is 0 Å². The Morgan fingerprint density at radius 3 is 2.79 bits per heavy atom. The van der Waals surface area contributed by atoms with Gasteiger partial charge < -0.3 is 15.0 Å². The van der Waals surface area contributed by atoms with Gasteiger partial charge in [0, 0.05) is 26.0 Å². The van der Waals surface area contributed by atoms with Crippen molar-refractivity contribution in [2.24, 2.45) is 11.7 Å².